The summed E-state index contributed by atoms with van der Waals surface area (Å²) in [6, 6.07) is 15.0. The highest BCUT2D eigenvalue weighted by molar-refractivity contribution is 5.79. The molecule has 174 valence electrons. The van der Waals surface area contributed by atoms with Gasteiger partial charge in [-0.1, -0.05) is 32.0 Å². The van der Waals surface area contributed by atoms with Crippen molar-refractivity contribution in [1.29, 1.82) is 0 Å². The summed E-state index contributed by atoms with van der Waals surface area (Å²) in [6.45, 7) is 4.06. The molecular weight excluding hydrogens is 423 g/mol. The fraction of sp³-hybridized carbons (Fsp3) is 0.320. The molecule has 3 aromatic rings. The number of nitrogens with one attached hydrogen (secondary N) is 2. The molecular formula is C25H29FN4O3. The van der Waals surface area contributed by atoms with Crippen molar-refractivity contribution in [3.05, 3.63) is 71.7 Å². The highest BCUT2D eigenvalue weighted by atomic mass is 19.1. The minimum atomic E-state index is -0.555. The third-order valence-electron chi connectivity index (χ3n) is 4.92. The monoisotopic (exact) mass is 452 g/mol. The zero-order chi connectivity index (χ0) is 23.8. The molecule has 0 aliphatic rings. The minimum absolute atomic E-state index is 0.270. The number of hydrogen-bond acceptors (Lipinski definition) is 7. The van der Waals surface area contributed by atoms with Crippen molar-refractivity contribution < 1.29 is 18.7 Å². The van der Waals surface area contributed by atoms with Gasteiger partial charge >= 0.3 is 5.97 Å². The second kappa shape index (κ2) is 11.3. The van der Waals surface area contributed by atoms with Gasteiger partial charge in [0, 0.05) is 18.2 Å². The Balaban J connectivity index is 1.92. The normalized spacial score (nSPS) is 11.7. The lowest BCUT2D eigenvalue weighted by Crippen LogP contribution is -2.32. The van der Waals surface area contributed by atoms with Crippen molar-refractivity contribution in [2.75, 3.05) is 24.9 Å². The Morgan fingerprint density at radius 2 is 1.82 bits per heavy atom. The molecule has 0 fully saturated rings. The van der Waals surface area contributed by atoms with Crippen LogP contribution in [0, 0.1) is 11.7 Å². The highest BCUT2D eigenvalue weighted by Crippen LogP contribution is 2.21. The van der Waals surface area contributed by atoms with Crippen LogP contribution in [0.4, 0.5) is 21.8 Å². The minimum Gasteiger partial charge on any atom is -0.497 e. The molecule has 2 N–H and O–H groups in total. The number of aromatic nitrogens is 2. The Kier molecular flexibility index (Phi) is 8.18. The van der Waals surface area contributed by atoms with Gasteiger partial charge in [-0.05, 0) is 48.2 Å². The van der Waals surface area contributed by atoms with Gasteiger partial charge < -0.3 is 20.1 Å². The number of methoxy groups -OCH3 is 2. The largest absolute Gasteiger partial charge is 0.497 e. The van der Waals surface area contributed by atoms with Gasteiger partial charge in [0.2, 0.25) is 5.95 Å². The third kappa shape index (κ3) is 7.17. The van der Waals surface area contributed by atoms with E-state index in [1.807, 2.05) is 38.1 Å². The van der Waals surface area contributed by atoms with Crippen LogP contribution >= 0.6 is 0 Å². The van der Waals surface area contributed by atoms with Gasteiger partial charge in [0.05, 0.1) is 19.9 Å². The van der Waals surface area contributed by atoms with Crippen LogP contribution in [-0.4, -0.2) is 36.2 Å². The first-order valence-electron chi connectivity index (χ1n) is 10.7. The SMILES string of the molecule is COC(=O)[C@H](CC(C)C)Nc1cc(Cc2ccc(OC)cc2)nc(Nc2cccc(F)c2)n1. The molecule has 1 aromatic heterocycles. The lowest BCUT2D eigenvalue weighted by molar-refractivity contribution is -0.141. The van der Waals surface area contributed by atoms with E-state index >= 15 is 0 Å². The smallest absolute Gasteiger partial charge is 0.328 e. The van der Waals surface area contributed by atoms with E-state index in [4.69, 9.17) is 9.47 Å². The number of rotatable bonds is 10. The first-order chi connectivity index (χ1) is 15.9. The second-order valence-corrected chi connectivity index (χ2v) is 8.08. The fourth-order valence-electron chi connectivity index (χ4n) is 3.37. The van der Waals surface area contributed by atoms with E-state index < -0.39 is 6.04 Å². The first-order valence-corrected chi connectivity index (χ1v) is 10.7. The number of carbonyl (C=O) groups is 1. The Labute approximate surface area is 193 Å². The molecule has 0 amide bonds. The zero-order valence-electron chi connectivity index (χ0n) is 19.3. The highest BCUT2D eigenvalue weighted by Gasteiger charge is 2.21. The van der Waals surface area contributed by atoms with Crippen LogP contribution < -0.4 is 15.4 Å². The molecule has 0 bridgehead atoms. The average Bonchev–Trinajstić information content (AvgIpc) is 2.78. The van der Waals surface area contributed by atoms with Gasteiger partial charge in [0.1, 0.15) is 23.4 Å². The van der Waals surface area contributed by atoms with Gasteiger partial charge in [-0.2, -0.15) is 4.98 Å². The Morgan fingerprint density at radius 1 is 1.06 bits per heavy atom. The summed E-state index contributed by atoms with van der Waals surface area (Å²) < 4.78 is 23.8. The van der Waals surface area contributed by atoms with Crippen LogP contribution in [0.5, 0.6) is 5.75 Å². The number of carbonyl (C=O) groups excluding carboxylic acids is 1. The van der Waals surface area contributed by atoms with Gasteiger partial charge in [0.15, 0.2) is 0 Å². The standard InChI is InChI=1S/C25H29FN4O3/c1-16(2)12-22(24(31)33-4)29-23-15-20(13-17-8-10-21(32-3)11-9-17)28-25(30-23)27-19-7-5-6-18(26)14-19/h5-11,14-16,22H,12-13H2,1-4H3,(H2,27,28,29,30)/t22-/m0/s1. The van der Waals surface area contributed by atoms with Crippen LogP contribution in [0.15, 0.2) is 54.6 Å². The number of esters is 1. The lowest BCUT2D eigenvalue weighted by Gasteiger charge is -2.20. The van der Waals surface area contributed by atoms with E-state index in [0.29, 0.717) is 30.3 Å². The van der Waals surface area contributed by atoms with Gasteiger partial charge in [-0.25, -0.2) is 14.2 Å². The molecule has 0 spiro atoms. The number of halogens is 1. The van der Waals surface area contributed by atoms with Crippen molar-refractivity contribution in [2.24, 2.45) is 5.92 Å². The molecule has 1 atom stereocenters. The molecule has 0 saturated carbocycles. The van der Waals surface area contributed by atoms with E-state index in [-0.39, 0.29) is 17.7 Å². The van der Waals surface area contributed by atoms with Crippen molar-refractivity contribution in [3.63, 3.8) is 0 Å². The summed E-state index contributed by atoms with van der Waals surface area (Å²) in [5.74, 6) is 1.08. The molecule has 8 heteroatoms. The average molecular weight is 453 g/mol. The fourth-order valence-corrected chi connectivity index (χ4v) is 3.37. The quantitative estimate of drug-likeness (QED) is 0.421. The topological polar surface area (TPSA) is 85.4 Å². The van der Waals surface area contributed by atoms with E-state index in [0.717, 1.165) is 17.0 Å². The number of anilines is 3. The van der Waals surface area contributed by atoms with Crippen molar-refractivity contribution in [1.82, 2.24) is 9.97 Å². The van der Waals surface area contributed by atoms with E-state index in [9.17, 15) is 9.18 Å². The van der Waals surface area contributed by atoms with E-state index in [1.54, 1.807) is 25.3 Å². The Bertz CT molecular complexity index is 1070. The zero-order valence-corrected chi connectivity index (χ0v) is 19.3. The molecule has 0 unspecified atom stereocenters. The first kappa shape index (κ1) is 24.0. The second-order valence-electron chi connectivity index (χ2n) is 8.08. The van der Waals surface area contributed by atoms with E-state index in [1.165, 1.54) is 19.2 Å². The van der Waals surface area contributed by atoms with Crippen molar-refractivity contribution in [2.45, 2.75) is 32.7 Å². The summed E-state index contributed by atoms with van der Waals surface area (Å²) in [7, 11) is 2.99. The Morgan fingerprint density at radius 3 is 2.45 bits per heavy atom. The summed E-state index contributed by atoms with van der Waals surface area (Å²) in [4.78, 5) is 21.4. The predicted molar refractivity (Wildman–Crippen MR) is 126 cm³/mol. The Hall–Kier alpha value is -3.68. The molecule has 0 saturated heterocycles. The maximum Gasteiger partial charge on any atom is 0.328 e. The van der Waals surface area contributed by atoms with Crippen LogP contribution in [0.1, 0.15) is 31.5 Å². The van der Waals surface area contributed by atoms with Crippen LogP contribution in [0.25, 0.3) is 0 Å². The van der Waals surface area contributed by atoms with Gasteiger partial charge in [-0.15, -0.1) is 0 Å². The van der Waals surface area contributed by atoms with Gasteiger partial charge in [0.25, 0.3) is 0 Å². The lowest BCUT2D eigenvalue weighted by atomic mass is 10.0. The molecule has 0 aliphatic carbocycles. The summed E-state index contributed by atoms with van der Waals surface area (Å²) >= 11 is 0. The van der Waals surface area contributed by atoms with Gasteiger partial charge in [-0.3, -0.25) is 0 Å². The number of hydrogen-bond donors (Lipinski definition) is 2. The molecule has 3 rings (SSSR count). The predicted octanol–water partition coefficient (Wildman–Crippen LogP) is 4.96. The van der Waals surface area contributed by atoms with Crippen LogP contribution in [-0.2, 0) is 16.0 Å². The molecule has 7 nitrogen and oxygen atoms in total. The van der Waals surface area contributed by atoms with Crippen molar-refractivity contribution >= 4 is 23.4 Å². The summed E-state index contributed by atoms with van der Waals surface area (Å²) in [6.07, 6.45) is 1.11. The third-order valence-corrected chi connectivity index (χ3v) is 4.92. The number of benzene rings is 2. The van der Waals surface area contributed by atoms with E-state index in [2.05, 4.69) is 20.6 Å². The molecule has 33 heavy (non-hydrogen) atoms. The van der Waals surface area contributed by atoms with Crippen LogP contribution in [0.3, 0.4) is 0 Å². The summed E-state index contributed by atoms with van der Waals surface area (Å²) in [5.41, 5.74) is 2.28. The molecule has 1 heterocycles. The molecule has 2 aromatic carbocycles. The maximum absolute atomic E-state index is 13.6. The summed E-state index contributed by atoms with van der Waals surface area (Å²) in [5, 5.41) is 6.23. The molecule has 0 aliphatic heterocycles. The molecule has 0 radical (unpaired) electrons. The van der Waals surface area contributed by atoms with Crippen LogP contribution in [0.2, 0.25) is 0 Å². The van der Waals surface area contributed by atoms with Crippen molar-refractivity contribution in [3.8, 4) is 5.75 Å². The number of ether oxygens (including phenoxy) is 2. The maximum atomic E-state index is 13.6. The number of nitrogens with zero attached hydrogens (tertiary/aromatic N) is 2.